The van der Waals surface area contributed by atoms with E-state index in [1.165, 1.54) is 7.11 Å². The molecule has 1 aromatic heterocycles. The van der Waals surface area contributed by atoms with Crippen molar-refractivity contribution in [1.82, 2.24) is 10.2 Å². The van der Waals surface area contributed by atoms with Crippen molar-refractivity contribution >= 4 is 5.97 Å². The van der Waals surface area contributed by atoms with Gasteiger partial charge in [-0.25, -0.2) is 4.79 Å². The highest BCUT2D eigenvalue weighted by atomic mass is 16.5. The number of methoxy groups -OCH3 is 1. The molecule has 0 aliphatic heterocycles. The Morgan fingerprint density at radius 3 is 2.30 bits per heavy atom. The minimum absolute atomic E-state index is 0.176. The molecule has 0 amide bonds. The summed E-state index contributed by atoms with van der Waals surface area (Å²) in [5, 5.41) is 8.48. The first-order chi connectivity index (χ1) is 9.43. The standard InChI is InChI=1S/C16H18N2O2/c1-16(2,3)13-10-12(15(19)20-4)14(18-17-13)11-8-6-5-7-9-11/h5-10H,1-4H3. The van der Waals surface area contributed by atoms with Crippen LogP contribution < -0.4 is 0 Å². The summed E-state index contributed by atoms with van der Waals surface area (Å²) in [5.74, 6) is -0.399. The van der Waals surface area contributed by atoms with Crippen LogP contribution >= 0.6 is 0 Å². The van der Waals surface area contributed by atoms with Crippen LogP contribution in [0.3, 0.4) is 0 Å². The van der Waals surface area contributed by atoms with Crippen LogP contribution in [0, 0.1) is 0 Å². The van der Waals surface area contributed by atoms with Crippen LogP contribution in [0.25, 0.3) is 11.3 Å². The summed E-state index contributed by atoms with van der Waals surface area (Å²) in [4.78, 5) is 12.0. The lowest BCUT2D eigenvalue weighted by Gasteiger charge is -2.18. The number of rotatable bonds is 2. The van der Waals surface area contributed by atoms with E-state index in [0.717, 1.165) is 11.3 Å². The van der Waals surface area contributed by atoms with Crippen molar-refractivity contribution < 1.29 is 9.53 Å². The molecule has 0 atom stereocenters. The molecule has 2 rings (SSSR count). The van der Waals surface area contributed by atoms with Gasteiger partial charge in [0.15, 0.2) is 0 Å². The number of benzene rings is 1. The van der Waals surface area contributed by atoms with Gasteiger partial charge in [-0.1, -0.05) is 51.1 Å². The van der Waals surface area contributed by atoms with Crippen LogP contribution in [0.1, 0.15) is 36.8 Å². The zero-order chi connectivity index (χ0) is 14.8. The average molecular weight is 270 g/mol. The molecule has 1 aromatic carbocycles. The summed E-state index contributed by atoms with van der Waals surface area (Å²) < 4.78 is 4.86. The van der Waals surface area contributed by atoms with E-state index in [2.05, 4.69) is 10.2 Å². The predicted molar refractivity (Wildman–Crippen MR) is 77.5 cm³/mol. The van der Waals surface area contributed by atoms with Crippen molar-refractivity contribution in [2.75, 3.05) is 7.11 Å². The zero-order valence-electron chi connectivity index (χ0n) is 12.2. The van der Waals surface area contributed by atoms with Gasteiger partial charge in [-0.05, 0) is 6.07 Å². The Bertz CT molecular complexity index is 616. The summed E-state index contributed by atoms with van der Waals surface area (Å²) in [6.07, 6.45) is 0. The fourth-order valence-corrected chi connectivity index (χ4v) is 1.83. The molecule has 0 aliphatic carbocycles. The summed E-state index contributed by atoms with van der Waals surface area (Å²) in [6.45, 7) is 6.08. The van der Waals surface area contributed by atoms with Gasteiger partial charge < -0.3 is 4.74 Å². The van der Waals surface area contributed by atoms with Gasteiger partial charge in [0.05, 0.1) is 18.4 Å². The minimum atomic E-state index is -0.399. The van der Waals surface area contributed by atoms with Gasteiger partial charge in [0, 0.05) is 11.0 Å². The lowest BCUT2D eigenvalue weighted by Crippen LogP contribution is -2.17. The quantitative estimate of drug-likeness (QED) is 0.786. The maximum absolute atomic E-state index is 12.0. The topological polar surface area (TPSA) is 52.1 Å². The first-order valence-electron chi connectivity index (χ1n) is 6.45. The fraction of sp³-hybridized carbons (Fsp3) is 0.312. The van der Waals surface area contributed by atoms with E-state index in [9.17, 15) is 4.79 Å². The molecule has 0 spiro atoms. The van der Waals surface area contributed by atoms with Gasteiger partial charge in [0.25, 0.3) is 0 Å². The van der Waals surface area contributed by atoms with E-state index in [-0.39, 0.29) is 5.41 Å². The number of aromatic nitrogens is 2. The highest BCUT2D eigenvalue weighted by Gasteiger charge is 2.22. The SMILES string of the molecule is COC(=O)c1cc(C(C)(C)C)nnc1-c1ccccc1. The number of nitrogens with zero attached hydrogens (tertiary/aromatic N) is 2. The van der Waals surface area contributed by atoms with Gasteiger partial charge in [-0.2, -0.15) is 5.10 Å². The van der Waals surface area contributed by atoms with E-state index < -0.39 is 5.97 Å². The van der Waals surface area contributed by atoms with E-state index in [1.54, 1.807) is 6.07 Å². The normalized spacial score (nSPS) is 11.2. The maximum Gasteiger partial charge on any atom is 0.340 e. The summed E-state index contributed by atoms with van der Waals surface area (Å²) >= 11 is 0. The Morgan fingerprint density at radius 2 is 1.75 bits per heavy atom. The average Bonchev–Trinajstić information content (AvgIpc) is 2.45. The summed E-state index contributed by atoms with van der Waals surface area (Å²) in [6, 6.07) is 11.3. The van der Waals surface area contributed by atoms with Crippen molar-refractivity contribution in [2.45, 2.75) is 26.2 Å². The highest BCUT2D eigenvalue weighted by Crippen LogP contribution is 2.26. The number of hydrogen-bond acceptors (Lipinski definition) is 4. The molecule has 20 heavy (non-hydrogen) atoms. The molecular formula is C16H18N2O2. The number of esters is 1. The largest absolute Gasteiger partial charge is 0.465 e. The molecule has 0 aliphatic rings. The van der Waals surface area contributed by atoms with Crippen LogP contribution in [0.2, 0.25) is 0 Å². The molecular weight excluding hydrogens is 252 g/mol. The van der Waals surface area contributed by atoms with Crippen LogP contribution in [0.5, 0.6) is 0 Å². The Labute approximate surface area is 118 Å². The summed E-state index contributed by atoms with van der Waals surface area (Å²) in [7, 11) is 1.37. The molecule has 0 fully saturated rings. The third-order valence-corrected chi connectivity index (χ3v) is 3.01. The smallest absolute Gasteiger partial charge is 0.340 e. The highest BCUT2D eigenvalue weighted by molar-refractivity contribution is 5.96. The van der Waals surface area contributed by atoms with Gasteiger partial charge in [-0.3, -0.25) is 0 Å². The third kappa shape index (κ3) is 2.85. The Morgan fingerprint density at radius 1 is 1.10 bits per heavy atom. The Balaban J connectivity index is 2.61. The monoisotopic (exact) mass is 270 g/mol. The van der Waals surface area contributed by atoms with Crippen LogP contribution in [0.4, 0.5) is 0 Å². The van der Waals surface area contributed by atoms with Crippen molar-refractivity contribution in [1.29, 1.82) is 0 Å². The lowest BCUT2D eigenvalue weighted by molar-refractivity contribution is 0.0600. The molecule has 4 heteroatoms. The maximum atomic E-state index is 12.0. The zero-order valence-corrected chi connectivity index (χ0v) is 12.2. The van der Waals surface area contributed by atoms with E-state index in [0.29, 0.717) is 11.3 Å². The van der Waals surface area contributed by atoms with E-state index >= 15 is 0 Å². The first kappa shape index (κ1) is 14.2. The Kier molecular flexibility index (Phi) is 3.84. The first-order valence-corrected chi connectivity index (χ1v) is 6.45. The third-order valence-electron chi connectivity index (χ3n) is 3.01. The molecule has 0 saturated carbocycles. The predicted octanol–water partition coefficient (Wildman–Crippen LogP) is 3.23. The van der Waals surface area contributed by atoms with Crippen molar-refractivity contribution in [3.63, 3.8) is 0 Å². The molecule has 4 nitrogen and oxygen atoms in total. The molecule has 0 saturated heterocycles. The van der Waals surface area contributed by atoms with Crippen molar-refractivity contribution in [3.05, 3.63) is 47.7 Å². The number of carbonyl (C=O) groups is 1. The Hall–Kier alpha value is -2.23. The van der Waals surface area contributed by atoms with Crippen molar-refractivity contribution in [2.24, 2.45) is 0 Å². The van der Waals surface area contributed by atoms with Crippen LogP contribution in [-0.4, -0.2) is 23.3 Å². The van der Waals surface area contributed by atoms with Gasteiger partial charge in [0.1, 0.15) is 5.69 Å². The minimum Gasteiger partial charge on any atom is -0.465 e. The van der Waals surface area contributed by atoms with Gasteiger partial charge in [0.2, 0.25) is 0 Å². The fourth-order valence-electron chi connectivity index (χ4n) is 1.83. The van der Waals surface area contributed by atoms with Crippen LogP contribution in [0.15, 0.2) is 36.4 Å². The van der Waals surface area contributed by atoms with E-state index in [1.807, 2.05) is 51.1 Å². The lowest BCUT2D eigenvalue weighted by atomic mass is 9.90. The second-order valence-corrected chi connectivity index (χ2v) is 5.60. The van der Waals surface area contributed by atoms with Crippen molar-refractivity contribution in [3.8, 4) is 11.3 Å². The van der Waals surface area contributed by atoms with Gasteiger partial charge in [-0.15, -0.1) is 5.10 Å². The molecule has 0 unspecified atom stereocenters. The van der Waals surface area contributed by atoms with Gasteiger partial charge >= 0.3 is 5.97 Å². The molecule has 104 valence electrons. The summed E-state index contributed by atoms with van der Waals surface area (Å²) in [5.41, 5.74) is 2.42. The molecule has 0 bridgehead atoms. The molecule has 0 radical (unpaired) electrons. The molecule has 1 heterocycles. The number of carbonyl (C=O) groups excluding carboxylic acids is 1. The van der Waals surface area contributed by atoms with E-state index in [4.69, 9.17) is 4.74 Å². The second kappa shape index (κ2) is 5.41. The molecule has 0 N–H and O–H groups in total. The number of ether oxygens (including phenoxy) is 1. The number of hydrogen-bond donors (Lipinski definition) is 0. The molecule has 2 aromatic rings. The van der Waals surface area contributed by atoms with Crippen LogP contribution in [-0.2, 0) is 10.2 Å². The second-order valence-electron chi connectivity index (χ2n) is 5.60.